The molecular weight excluding hydrogens is 208 g/mol. The first-order chi connectivity index (χ1) is 8.16. The summed E-state index contributed by atoms with van der Waals surface area (Å²) in [6, 6.07) is 8.78. The molecule has 17 heavy (non-hydrogen) atoms. The van der Waals surface area contributed by atoms with E-state index < -0.39 is 0 Å². The van der Waals surface area contributed by atoms with Crippen molar-refractivity contribution in [2.45, 2.75) is 19.4 Å². The van der Waals surface area contributed by atoms with Crippen LogP contribution in [0.1, 0.15) is 24.0 Å². The molecule has 2 nitrogen and oxygen atoms in total. The molecule has 0 amide bonds. The SMILES string of the molecule is C=C(C)CN(C)CC1CNCc2ccccc21. The first kappa shape index (κ1) is 12.3. The molecule has 0 bridgehead atoms. The smallest absolute Gasteiger partial charge is 0.0208 e. The van der Waals surface area contributed by atoms with Crippen LogP contribution in [0.3, 0.4) is 0 Å². The molecule has 0 spiro atoms. The summed E-state index contributed by atoms with van der Waals surface area (Å²) in [5.74, 6) is 0.601. The molecule has 2 heteroatoms. The lowest BCUT2D eigenvalue weighted by atomic mass is 9.90. The van der Waals surface area contributed by atoms with E-state index >= 15 is 0 Å². The predicted octanol–water partition coefficient (Wildman–Crippen LogP) is 2.38. The van der Waals surface area contributed by atoms with E-state index in [1.54, 1.807) is 0 Å². The van der Waals surface area contributed by atoms with Crippen LogP contribution in [0.2, 0.25) is 0 Å². The van der Waals surface area contributed by atoms with Gasteiger partial charge in [-0.3, -0.25) is 0 Å². The highest BCUT2D eigenvalue weighted by atomic mass is 15.1. The lowest BCUT2D eigenvalue weighted by Crippen LogP contribution is -2.35. The van der Waals surface area contributed by atoms with Crippen LogP contribution in [0.25, 0.3) is 0 Å². The molecule has 1 atom stereocenters. The Balaban J connectivity index is 2.05. The van der Waals surface area contributed by atoms with Gasteiger partial charge in [0.15, 0.2) is 0 Å². The molecule has 1 aliphatic rings. The molecule has 0 aliphatic carbocycles. The van der Waals surface area contributed by atoms with E-state index in [9.17, 15) is 0 Å². The lowest BCUT2D eigenvalue weighted by molar-refractivity contribution is 0.322. The Morgan fingerprint density at radius 3 is 3.00 bits per heavy atom. The van der Waals surface area contributed by atoms with Crippen LogP contribution in [-0.4, -0.2) is 31.6 Å². The summed E-state index contributed by atoms with van der Waals surface area (Å²) in [6.07, 6.45) is 0. The zero-order valence-electron chi connectivity index (χ0n) is 10.9. The number of rotatable bonds is 4. The van der Waals surface area contributed by atoms with Gasteiger partial charge in [0.2, 0.25) is 0 Å². The van der Waals surface area contributed by atoms with Crippen molar-refractivity contribution in [2.75, 3.05) is 26.7 Å². The van der Waals surface area contributed by atoms with Gasteiger partial charge >= 0.3 is 0 Å². The molecule has 0 radical (unpaired) electrons. The van der Waals surface area contributed by atoms with Crippen LogP contribution in [0.5, 0.6) is 0 Å². The number of fused-ring (bicyclic) bond motifs is 1. The van der Waals surface area contributed by atoms with E-state index in [2.05, 4.69) is 55.0 Å². The van der Waals surface area contributed by atoms with Crippen molar-refractivity contribution in [3.63, 3.8) is 0 Å². The van der Waals surface area contributed by atoms with Crippen molar-refractivity contribution >= 4 is 0 Å². The van der Waals surface area contributed by atoms with Crippen molar-refractivity contribution in [3.05, 3.63) is 47.5 Å². The van der Waals surface area contributed by atoms with E-state index in [1.807, 2.05) is 0 Å². The highest BCUT2D eigenvalue weighted by Gasteiger charge is 2.20. The van der Waals surface area contributed by atoms with Gasteiger partial charge in [0.1, 0.15) is 0 Å². The second-order valence-corrected chi connectivity index (χ2v) is 5.18. The van der Waals surface area contributed by atoms with Gasteiger partial charge in [-0.2, -0.15) is 0 Å². The van der Waals surface area contributed by atoms with E-state index in [4.69, 9.17) is 0 Å². The van der Waals surface area contributed by atoms with Crippen molar-refractivity contribution in [2.24, 2.45) is 0 Å². The molecule has 1 aliphatic heterocycles. The summed E-state index contributed by atoms with van der Waals surface area (Å²) in [5.41, 5.74) is 4.19. The number of likely N-dealkylation sites (N-methyl/N-ethyl adjacent to an activating group) is 1. The van der Waals surface area contributed by atoms with Crippen LogP contribution in [0, 0.1) is 0 Å². The third-order valence-corrected chi connectivity index (χ3v) is 3.27. The van der Waals surface area contributed by atoms with Gasteiger partial charge in [-0.25, -0.2) is 0 Å². The molecule has 0 aromatic heterocycles. The van der Waals surface area contributed by atoms with Gasteiger partial charge in [0, 0.05) is 32.1 Å². The minimum atomic E-state index is 0.601. The number of hydrogen-bond donors (Lipinski definition) is 1. The van der Waals surface area contributed by atoms with Crippen LogP contribution in [0.15, 0.2) is 36.4 Å². The van der Waals surface area contributed by atoms with Gasteiger partial charge in [-0.1, -0.05) is 36.4 Å². The first-order valence-corrected chi connectivity index (χ1v) is 6.28. The van der Waals surface area contributed by atoms with Crippen molar-refractivity contribution < 1.29 is 0 Å². The minimum absolute atomic E-state index is 0.601. The number of nitrogens with one attached hydrogen (secondary N) is 1. The molecule has 0 saturated carbocycles. The number of hydrogen-bond acceptors (Lipinski definition) is 2. The zero-order chi connectivity index (χ0) is 12.3. The molecule has 1 N–H and O–H groups in total. The third-order valence-electron chi connectivity index (χ3n) is 3.27. The maximum atomic E-state index is 3.98. The Hall–Kier alpha value is -1.12. The van der Waals surface area contributed by atoms with Gasteiger partial charge in [0.05, 0.1) is 0 Å². The van der Waals surface area contributed by atoms with E-state index in [0.29, 0.717) is 5.92 Å². The zero-order valence-corrected chi connectivity index (χ0v) is 10.9. The predicted molar refractivity (Wildman–Crippen MR) is 73.2 cm³/mol. The Labute approximate surface area is 104 Å². The third kappa shape index (κ3) is 3.18. The number of benzene rings is 1. The van der Waals surface area contributed by atoms with E-state index in [1.165, 1.54) is 16.7 Å². The van der Waals surface area contributed by atoms with Crippen LogP contribution < -0.4 is 5.32 Å². The highest BCUT2D eigenvalue weighted by Crippen LogP contribution is 2.24. The summed E-state index contributed by atoms with van der Waals surface area (Å²) < 4.78 is 0. The Bertz CT molecular complexity index is 398. The maximum absolute atomic E-state index is 3.98. The average molecular weight is 230 g/mol. The fourth-order valence-electron chi connectivity index (χ4n) is 2.65. The monoisotopic (exact) mass is 230 g/mol. The molecule has 0 saturated heterocycles. The maximum Gasteiger partial charge on any atom is 0.0208 e. The van der Waals surface area contributed by atoms with Gasteiger partial charge < -0.3 is 10.2 Å². The van der Waals surface area contributed by atoms with Crippen molar-refractivity contribution in [1.82, 2.24) is 10.2 Å². The van der Waals surface area contributed by atoms with E-state index in [0.717, 1.165) is 26.2 Å². The molecule has 92 valence electrons. The summed E-state index contributed by atoms with van der Waals surface area (Å²) in [4.78, 5) is 2.36. The Kier molecular flexibility index (Phi) is 3.97. The molecule has 1 unspecified atom stereocenters. The number of nitrogens with zero attached hydrogens (tertiary/aromatic N) is 1. The Morgan fingerprint density at radius 2 is 2.24 bits per heavy atom. The van der Waals surface area contributed by atoms with Crippen LogP contribution >= 0.6 is 0 Å². The molecule has 0 fully saturated rings. The largest absolute Gasteiger partial charge is 0.312 e. The van der Waals surface area contributed by atoms with Gasteiger partial charge in [-0.05, 0) is 25.1 Å². The molecule has 1 aromatic carbocycles. The lowest BCUT2D eigenvalue weighted by Gasteiger charge is -2.30. The minimum Gasteiger partial charge on any atom is -0.312 e. The topological polar surface area (TPSA) is 15.3 Å². The van der Waals surface area contributed by atoms with Crippen molar-refractivity contribution in [3.8, 4) is 0 Å². The average Bonchev–Trinajstić information content (AvgIpc) is 2.28. The fourth-order valence-corrected chi connectivity index (χ4v) is 2.65. The summed E-state index contributed by atoms with van der Waals surface area (Å²) >= 11 is 0. The highest BCUT2D eigenvalue weighted by molar-refractivity contribution is 5.32. The molecule has 1 heterocycles. The second-order valence-electron chi connectivity index (χ2n) is 5.18. The molecule has 1 aromatic rings. The normalized spacial score (nSPS) is 19.1. The van der Waals surface area contributed by atoms with Crippen LogP contribution in [-0.2, 0) is 6.54 Å². The first-order valence-electron chi connectivity index (χ1n) is 6.28. The molecular formula is C15H22N2. The fraction of sp³-hybridized carbons (Fsp3) is 0.467. The van der Waals surface area contributed by atoms with Gasteiger partial charge in [-0.15, -0.1) is 0 Å². The molecule has 2 rings (SSSR count). The van der Waals surface area contributed by atoms with Crippen LogP contribution in [0.4, 0.5) is 0 Å². The summed E-state index contributed by atoms with van der Waals surface area (Å²) in [6.45, 7) is 10.2. The van der Waals surface area contributed by atoms with Gasteiger partial charge in [0.25, 0.3) is 0 Å². The quantitative estimate of drug-likeness (QED) is 0.799. The van der Waals surface area contributed by atoms with Crippen molar-refractivity contribution in [1.29, 1.82) is 0 Å². The second kappa shape index (κ2) is 5.48. The Morgan fingerprint density at radius 1 is 1.47 bits per heavy atom. The summed E-state index contributed by atoms with van der Waals surface area (Å²) in [5, 5.41) is 3.50. The van der Waals surface area contributed by atoms with E-state index in [-0.39, 0.29) is 0 Å². The summed E-state index contributed by atoms with van der Waals surface area (Å²) in [7, 11) is 2.17. The standard InChI is InChI=1S/C15H22N2/c1-12(2)10-17(3)11-14-9-16-8-13-6-4-5-7-15(13)14/h4-7,14,16H,1,8-11H2,2-3H3.